The first-order valence-electron chi connectivity index (χ1n) is 8.95. The molecule has 0 aliphatic carbocycles. The Hall–Kier alpha value is -3.51. The summed E-state index contributed by atoms with van der Waals surface area (Å²) < 4.78 is 0. The Bertz CT molecular complexity index is 1340. The number of carbonyl (C=O) groups excluding carboxylic acids is 1. The molecule has 144 valence electrons. The molecule has 2 heterocycles. The van der Waals surface area contributed by atoms with E-state index in [1.165, 1.54) is 12.4 Å². The summed E-state index contributed by atoms with van der Waals surface area (Å²) in [6.45, 7) is 3.89. The quantitative estimate of drug-likeness (QED) is 0.233. The number of carbonyl (C=O) groups is 1. The summed E-state index contributed by atoms with van der Waals surface area (Å²) in [6.07, 6.45) is 2.81. The van der Waals surface area contributed by atoms with Crippen molar-refractivity contribution < 1.29 is 4.79 Å². The van der Waals surface area contributed by atoms with Gasteiger partial charge < -0.3 is 4.98 Å². The highest BCUT2D eigenvalue weighted by atomic mass is 35.5. The topological polar surface area (TPSA) is 87.2 Å². The molecule has 2 N–H and O–H groups in total. The molecular weight excluding hydrogens is 388 g/mol. The van der Waals surface area contributed by atoms with E-state index in [1.807, 2.05) is 38.1 Å². The maximum absolute atomic E-state index is 12.9. The zero-order valence-electron chi connectivity index (χ0n) is 15.8. The van der Waals surface area contributed by atoms with Crippen LogP contribution in [-0.4, -0.2) is 22.1 Å². The summed E-state index contributed by atoms with van der Waals surface area (Å²) in [4.78, 5) is 32.7. The normalized spacial score (nSPS) is 11.4. The molecule has 0 bridgehead atoms. The van der Waals surface area contributed by atoms with Crippen molar-refractivity contribution in [3.63, 3.8) is 0 Å². The number of hydrazone groups is 1. The van der Waals surface area contributed by atoms with Crippen molar-refractivity contribution >= 4 is 45.5 Å². The fourth-order valence-corrected chi connectivity index (χ4v) is 3.48. The van der Waals surface area contributed by atoms with Crippen LogP contribution in [0.25, 0.3) is 21.8 Å². The van der Waals surface area contributed by atoms with E-state index in [1.54, 1.807) is 18.2 Å². The molecule has 0 unspecified atom stereocenters. The molecule has 29 heavy (non-hydrogen) atoms. The van der Waals surface area contributed by atoms with Crippen molar-refractivity contribution in [1.82, 2.24) is 15.4 Å². The largest absolute Gasteiger partial charge is 0.346 e. The molecular formula is C22H17ClN4O2. The lowest BCUT2D eigenvalue weighted by atomic mass is 10.0. The van der Waals surface area contributed by atoms with Crippen LogP contribution in [0.5, 0.6) is 0 Å². The van der Waals surface area contributed by atoms with Crippen molar-refractivity contribution in [2.75, 3.05) is 0 Å². The lowest BCUT2D eigenvalue weighted by Gasteiger charge is -2.08. The van der Waals surface area contributed by atoms with Gasteiger partial charge in [0.05, 0.1) is 11.7 Å². The second-order valence-electron chi connectivity index (χ2n) is 6.80. The number of H-pyrrole nitrogens is 1. The first-order valence-corrected chi connectivity index (χ1v) is 9.33. The van der Waals surface area contributed by atoms with Gasteiger partial charge in [-0.25, -0.2) is 5.43 Å². The average molecular weight is 405 g/mol. The second kappa shape index (κ2) is 7.48. The number of halogens is 1. The Morgan fingerprint density at radius 3 is 2.69 bits per heavy atom. The number of aromatic nitrogens is 2. The average Bonchev–Trinajstić information content (AvgIpc) is 2.69. The lowest BCUT2D eigenvalue weighted by molar-refractivity contribution is 0.0954. The minimum Gasteiger partial charge on any atom is -0.346 e. The van der Waals surface area contributed by atoms with E-state index in [0.29, 0.717) is 16.1 Å². The number of hydrogen-bond donors (Lipinski definition) is 2. The van der Waals surface area contributed by atoms with Gasteiger partial charge in [-0.1, -0.05) is 41.4 Å². The number of aryl methyl sites for hydroxylation is 2. The third kappa shape index (κ3) is 3.62. The van der Waals surface area contributed by atoms with Crippen molar-refractivity contribution in [2.45, 2.75) is 13.8 Å². The van der Waals surface area contributed by atoms with Crippen LogP contribution in [0.4, 0.5) is 0 Å². The molecule has 0 atom stereocenters. The molecule has 4 rings (SSSR count). The van der Waals surface area contributed by atoms with E-state index >= 15 is 0 Å². The Morgan fingerprint density at radius 2 is 1.93 bits per heavy atom. The van der Waals surface area contributed by atoms with Gasteiger partial charge in [0.15, 0.2) is 0 Å². The van der Waals surface area contributed by atoms with Gasteiger partial charge in [0, 0.05) is 22.5 Å². The molecule has 0 spiro atoms. The number of fused-ring (bicyclic) bond motifs is 3. The maximum atomic E-state index is 12.9. The van der Waals surface area contributed by atoms with Gasteiger partial charge in [-0.3, -0.25) is 14.6 Å². The predicted octanol–water partition coefficient (Wildman–Crippen LogP) is 4.11. The van der Waals surface area contributed by atoms with E-state index in [4.69, 9.17) is 11.6 Å². The second-order valence-corrected chi connectivity index (χ2v) is 7.20. The highest BCUT2D eigenvalue weighted by Crippen LogP contribution is 2.26. The molecule has 6 nitrogen and oxygen atoms in total. The smallest absolute Gasteiger partial charge is 0.276 e. The fourth-order valence-electron chi connectivity index (χ4n) is 3.21. The van der Waals surface area contributed by atoms with Crippen LogP contribution in [0.15, 0.2) is 58.6 Å². The molecule has 2 aromatic carbocycles. The molecule has 0 saturated carbocycles. The van der Waals surface area contributed by atoms with Gasteiger partial charge in [-0.15, -0.1) is 0 Å². The molecule has 2 aromatic heterocycles. The van der Waals surface area contributed by atoms with Crippen molar-refractivity contribution in [1.29, 1.82) is 0 Å². The van der Waals surface area contributed by atoms with Crippen molar-refractivity contribution in [3.05, 3.63) is 86.3 Å². The van der Waals surface area contributed by atoms with Crippen LogP contribution < -0.4 is 10.9 Å². The number of amides is 1. The highest BCUT2D eigenvalue weighted by molar-refractivity contribution is 6.30. The highest BCUT2D eigenvalue weighted by Gasteiger charge is 2.15. The van der Waals surface area contributed by atoms with Gasteiger partial charge in [0.2, 0.25) is 5.43 Å². The minimum absolute atomic E-state index is 0.0616. The van der Waals surface area contributed by atoms with Gasteiger partial charge in [0.1, 0.15) is 10.7 Å². The standard InChI is InChI=1S/C22H17ClN4O2/c1-12-3-5-14(6-4-12)10-25-27-22(29)16-11-24-20-15(21(16)28)7-8-17-19(20)13(2)9-18(23)26-17/h3-11,26H,1-2H3,(H,27,29). The van der Waals surface area contributed by atoms with Gasteiger partial charge >= 0.3 is 0 Å². The van der Waals surface area contributed by atoms with Crippen LogP contribution in [0.3, 0.4) is 0 Å². The SMILES string of the molecule is Cc1ccc(C=NNC(=O)c2cnc3c(ccc4[nH]c(Cl)cc(C)c43)c2=O)cc1. The summed E-state index contributed by atoms with van der Waals surface area (Å²) >= 11 is 6.07. The summed E-state index contributed by atoms with van der Waals surface area (Å²) in [5.41, 5.74) is 6.09. The lowest BCUT2D eigenvalue weighted by Crippen LogP contribution is -2.25. The molecule has 1 amide bonds. The fraction of sp³-hybridized carbons (Fsp3) is 0.0909. The first-order chi connectivity index (χ1) is 13.9. The Kier molecular flexibility index (Phi) is 4.86. The zero-order valence-corrected chi connectivity index (χ0v) is 16.5. The van der Waals surface area contributed by atoms with Crippen LogP contribution in [0.1, 0.15) is 27.0 Å². The maximum Gasteiger partial charge on any atom is 0.276 e. The predicted molar refractivity (Wildman–Crippen MR) is 116 cm³/mol. The molecule has 0 saturated heterocycles. The van der Waals surface area contributed by atoms with E-state index in [2.05, 4.69) is 20.5 Å². The number of benzene rings is 2. The van der Waals surface area contributed by atoms with Crippen molar-refractivity contribution in [2.24, 2.45) is 5.10 Å². The molecule has 0 aliphatic rings. The third-order valence-corrected chi connectivity index (χ3v) is 4.89. The molecule has 7 heteroatoms. The number of rotatable bonds is 3. The Balaban J connectivity index is 1.68. The molecule has 0 fully saturated rings. The van der Waals surface area contributed by atoms with Gasteiger partial charge in [0.25, 0.3) is 5.91 Å². The number of nitrogens with one attached hydrogen (secondary N) is 2. The van der Waals surface area contributed by atoms with Crippen LogP contribution >= 0.6 is 11.6 Å². The Morgan fingerprint density at radius 1 is 1.17 bits per heavy atom. The minimum atomic E-state index is -0.604. The monoisotopic (exact) mass is 404 g/mol. The number of pyridine rings is 2. The summed E-state index contributed by atoms with van der Waals surface area (Å²) in [5.74, 6) is -0.604. The van der Waals surface area contributed by atoms with Gasteiger partial charge in [-0.2, -0.15) is 5.10 Å². The van der Waals surface area contributed by atoms with E-state index < -0.39 is 11.3 Å². The number of nitrogens with zero attached hydrogens (tertiary/aromatic N) is 2. The van der Waals surface area contributed by atoms with Gasteiger partial charge in [-0.05, 0) is 43.2 Å². The Labute approximate surface area is 171 Å². The summed E-state index contributed by atoms with van der Waals surface area (Å²) in [6, 6.07) is 12.8. The third-order valence-electron chi connectivity index (χ3n) is 4.68. The van der Waals surface area contributed by atoms with E-state index in [-0.39, 0.29) is 5.56 Å². The molecule has 0 radical (unpaired) electrons. The van der Waals surface area contributed by atoms with Crippen LogP contribution in [-0.2, 0) is 0 Å². The van der Waals surface area contributed by atoms with Crippen LogP contribution in [0, 0.1) is 13.8 Å². The van der Waals surface area contributed by atoms with E-state index in [0.717, 1.165) is 27.6 Å². The van der Waals surface area contributed by atoms with Crippen molar-refractivity contribution in [3.8, 4) is 0 Å². The molecule has 0 aliphatic heterocycles. The number of aromatic amines is 1. The first kappa shape index (κ1) is 18.8. The summed E-state index contributed by atoms with van der Waals surface area (Å²) in [7, 11) is 0. The zero-order chi connectivity index (χ0) is 20.5. The van der Waals surface area contributed by atoms with Crippen LogP contribution in [0.2, 0.25) is 5.15 Å². The molecule has 4 aromatic rings. The summed E-state index contributed by atoms with van der Waals surface area (Å²) in [5, 5.41) is 5.60. The number of hydrogen-bond acceptors (Lipinski definition) is 4. The van der Waals surface area contributed by atoms with E-state index in [9.17, 15) is 9.59 Å².